The molecule has 2 aromatic rings. The van der Waals surface area contributed by atoms with Gasteiger partial charge in [0.2, 0.25) is 0 Å². The minimum absolute atomic E-state index is 0.989. The number of hydrogen-bond donors (Lipinski definition) is 0. The molecule has 1 nitrogen and oxygen atoms in total. The van der Waals surface area contributed by atoms with E-state index in [4.69, 9.17) is 0 Å². The van der Waals surface area contributed by atoms with Crippen LogP contribution in [0.15, 0.2) is 65.7 Å². The third-order valence-electron chi connectivity index (χ3n) is 2.40. The molecule has 0 bridgehead atoms. The van der Waals surface area contributed by atoms with Gasteiger partial charge in [-0.1, -0.05) is 48.5 Å². The van der Waals surface area contributed by atoms with Crippen molar-refractivity contribution in [3.8, 4) is 0 Å². The van der Waals surface area contributed by atoms with Gasteiger partial charge in [-0.25, -0.2) is 0 Å². The molecule has 0 saturated carbocycles. The molecule has 84 valence electrons. The summed E-state index contributed by atoms with van der Waals surface area (Å²) < 4.78 is 0. The number of benzene rings is 2. The molecular formula is C16H15N. The van der Waals surface area contributed by atoms with E-state index in [1.165, 1.54) is 11.1 Å². The van der Waals surface area contributed by atoms with E-state index in [1.54, 1.807) is 0 Å². The predicted molar refractivity (Wildman–Crippen MR) is 74.8 cm³/mol. The zero-order chi connectivity index (χ0) is 11.9. The highest BCUT2D eigenvalue weighted by Gasteiger charge is 1.86. The van der Waals surface area contributed by atoms with Gasteiger partial charge in [0, 0.05) is 6.21 Å². The molecule has 0 spiro atoms. The Morgan fingerprint density at radius 2 is 1.76 bits per heavy atom. The van der Waals surface area contributed by atoms with Crippen LogP contribution < -0.4 is 0 Å². The van der Waals surface area contributed by atoms with Crippen LogP contribution in [-0.2, 0) is 0 Å². The van der Waals surface area contributed by atoms with Crippen LogP contribution in [0.5, 0.6) is 0 Å². The Morgan fingerprint density at radius 3 is 2.53 bits per heavy atom. The van der Waals surface area contributed by atoms with Crippen molar-refractivity contribution in [2.45, 2.75) is 6.92 Å². The normalized spacial score (nSPS) is 11.4. The van der Waals surface area contributed by atoms with E-state index in [1.807, 2.05) is 48.7 Å². The molecule has 0 atom stereocenters. The van der Waals surface area contributed by atoms with Crippen LogP contribution in [0.1, 0.15) is 11.1 Å². The van der Waals surface area contributed by atoms with Gasteiger partial charge in [0.25, 0.3) is 0 Å². The Bertz CT molecular complexity index is 524. The van der Waals surface area contributed by atoms with E-state index in [9.17, 15) is 0 Å². The molecule has 17 heavy (non-hydrogen) atoms. The van der Waals surface area contributed by atoms with Crippen LogP contribution in [0, 0.1) is 6.92 Å². The third-order valence-corrected chi connectivity index (χ3v) is 2.40. The summed E-state index contributed by atoms with van der Waals surface area (Å²) in [7, 11) is 0. The van der Waals surface area contributed by atoms with Gasteiger partial charge in [0.05, 0.1) is 5.69 Å². The van der Waals surface area contributed by atoms with Crippen molar-refractivity contribution in [1.29, 1.82) is 0 Å². The van der Waals surface area contributed by atoms with Crippen molar-refractivity contribution >= 4 is 18.0 Å². The van der Waals surface area contributed by atoms with Crippen LogP contribution in [0.25, 0.3) is 6.08 Å². The maximum absolute atomic E-state index is 4.37. The first-order valence-electron chi connectivity index (χ1n) is 5.67. The first-order valence-corrected chi connectivity index (χ1v) is 5.67. The fourth-order valence-electron chi connectivity index (χ4n) is 1.56. The Labute approximate surface area is 102 Å². The van der Waals surface area contributed by atoms with E-state index >= 15 is 0 Å². The molecule has 0 aliphatic heterocycles. The Kier molecular flexibility index (Phi) is 3.87. The fraction of sp³-hybridized carbons (Fsp3) is 0.0625. The van der Waals surface area contributed by atoms with Gasteiger partial charge in [0.1, 0.15) is 0 Å². The van der Waals surface area contributed by atoms with Gasteiger partial charge >= 0.3 is 0 Å². The summed E-state index contributed by atoms with van der Waals surface area (Å²) in [6, 6.07) is 18.3. The van der Waals surface area contributed by atoms with Crippen LogP contribution >= 0.6 is 0 Å². The Morgan fingerprint density at radius 1 is 0.941 bits per heavy atom. The molecule has 0 aromatic heterocycles. The number of hydrogen-bond acceptors (Lipinski definition) is 1. The molecule has 0 N–H and O–H groups in total. The summed E-state index contributed by atoms with van der Waals surface area (Å²) >= 11 is 0. The summed E-state index contributed by atoms with van der Waals surface area (Å²) in [5.74, 6) is 0. The summed E-state index contributed by atoms with van der Waals surface area (Å²) in [5, 5.41) is 0. The molecule has 0 radical (unpaired) electrons. The van der Waals surface area contributed by atoms with Crippen LogP contribution in [0.2, 0.25) is 0 Å². The van der Waals surface area contributed by atoms with E-state index in [2.05, 4.69) is 36.2 Å². The van der Waals surface area contributed by atoms with Gasteiger partial charge in [-0.2, -0.15) is 0 Å². The highest BCUT2D eigenvalue weighted by Crippen LogP contribution is 2.12. The lowest BCUT2D eigenvalue weighted by atomic mass is 10.2. The van der Waals surface area contributed by atoms with E-state index in [-0.39, 0.29) is 0 Å². The average molecular weight is 221 g/mol. The van der Waals surface area contributed by atoms with Crippen LogP contribution in [0.3, 0.4) is 0 Å². The largest absolute Gasteiger partial charge is 0.257 e. The molecule has 0 saturated heterocycles. The number of nitrogens with zero attached hydrogens (tertiary/aromatic N) is 1. The summed E-state index contributed by atoms with van der Waals surface area (Å²) in [6.07, 6.45) is 5.82. The lowest BCUT2D eigenvalue weighted by molar-refractivity contribution is 1.43. The third kappa shape index (κ3) is 3.72. The van der Waals surface area contributed by atoms with Gasteiger partial charge in [-0.05, 0) is 36.3 Å². The van der Waals surface area contributed by atoms with Gasteiger partial charge in [-0.3, -0.25) is 4.99 Å². The highest BCUT2D eigenvalue weighted by molar-refractivity contribution is 5.80. The van der Waals surface area contributed by atoms with Crippen molar-refractivity contribution in [3.63, 3.8) is 0 Å². The van der Waals surface area contributed by atoms with E-state index in [0.717, 1.165) is 5.69 Å². The number of aryl methyl sites for hydroxylation is 1. The molecule has 2 aromatic carbocycles. The molecule has 0 aliphatic rings. The number of allylic oxidation sites excluding steroid dienone is 1. The first kappa shape index (κ1) is 11.3. The molecule has 2 rings (SSSR count). The highest BCUT2D eigenvalue weighted by atomic mass is 14.7. The van der Waals surface area contributed by atoms with Crippen molar-refractivity contribution < 1.29 is 0 Å². The maximum Gasteiger partial charge on any atom is 0.0632 e. The number of rotatable bonds is 3. The minimum Gasteiger partial charge on any atom is -0.257 e. The molecular weight excluding hydrogens is 206 g/mol. The molecule has 0 unspecified atom stereocenters. The molecule has 0 fully saturated rings. The second kappa shape index (κ2) is 5.80. The summed E-state index contributed by atoms with van der Waals surface area (Å²) in [4.78, 5) is 4.37. The van der Waals surface area contributed by atoms with E-state index in [0.29, 0.717) is 0 Å². The summed E-state index contributed by atoms with van der Waals surface area (Å²) in [5.41, 5.74) is 3.40. The average Bonchev–Trinajstić information content (AvgIpc) is 2.36. The van der Waals surface area contributed by atoms with Gasteiger partial charge in [-0.15, -0.1) is 0 Å². The fourth-order valence-corrected chi connectivity index (χ4v) is 1.56. The number of aliphatic imine (C=N–C) groups is 1. The lowest BCUT2D eigenvalue weighted by Crippen LogP contribution is -1.72. The smallest absolute Gasteiger partial charge is 0.0632 e. The molecule has 0 heterocycles. The Balaban J connectivity index is 2.01. The van der Waals surface area contributed by atoms with E-state index < -0.39 is 0 Å². The summed E-state index contributed by atoms with van der Waals surface area (Å²) in [6.45, 7) is 2.07. The SMILES string of the molecule is Cc1cccc(N=C/C=C/c2ccccc2)c1. The standard InChI is InChI=1S/C16H15N/c1-14-7-5-11-16(13-14)17-12-6-10-15-8-3-2-4-9-15/h2-13H,1H3/b10-6+,17-12?. The zero-order valence-corrected chi connectivity index (χ0v) is 9.88. The van der Waals surface area contributed by atoms with Crippen molar-refractivity contribution in [2.75, 3.05) is 0 Å². The van der Waals surface area contributed by atoms with Crippen molar-refractivity contribution in [1.82, 2.24) is 0 Å². The van der Waals surface area contributed by atoms with Crippen molar-refractivity contribution in [3.05, 3.63) is 71.8 Å². The lowest BCUT2D eigenvalue weighted by Gasteiger charge is -1.93. The molecule has 0 amide bonds. The van der Waals surface area contributed by atoms with Crippen LogP contribution in [0.4, 0.5) is 5.69 Å². The first-order chi connectivity index (χ1) is 8.34. The quantitative estimate of drug-likeness (QED) is 0.681. The minimum atomic E-state index is 0.989. The molecule has 1 heteroatoms. The van der Waals surface area contributed by atoms with Gasteiger partial charge < -0.3 is 0 Å². The zero-order valence-electron chi connectivity index (χ0n) is 9.88. The second-order valence-electron chi connectivity index (χ2n) is 3.89. The molecule has 0 aliphatic carbocycles. The van der Waals surface area contributed by atoms with Gasteiger partial charge in [0.15, 0.2) is 0 Å². The van der Waals surface area contributed by atoms with Crippen molar-refractivity contribution in [2.24, 2.45) is 4.99 Å². The van der Waals surface area contributed by atoms with Crippen LogP contribution in [-0.4, -0.2) is 6.21 Å². The maximum atomic E-state index is 4.37. The monoisotopic (exact) mass is 221 g/mol. The second-order valence-corrected chi connectivity index (χ2v) is 3.89. The topological polar surface area (TPSA) is 12.4 Å². The Hall–Kier alpha value is -2.15. The predicted octanol–water partition coefficient (Wildman–Crippen LogP) is 4.41.